The summed E-state index contributed by atoms with van der Waals surface area (Å²) in [6.45, 7) is 3.04. The summed E-state index contributed by atoms with van der Waals surface area (Å²) in [5, 5.41) is 23.3. The van der Waals surface area contributed by atoms with Crippen LogP contribution in [0.25, 0.3) is 28.0 Å². The van der Waals surface area contributed by atoms with Gasteiger partial charge in [0, 0.05) is 41.3 Å². The summed E-state index contributed by atoms with van der Waals surface area (Å²) in [6.07, 6.45) is 1.78. The van der Waals surface area contributed by atoms with Gasteiger partial charge in [0.1, 0.15) is 5.65 Å². The van der Waals surface area contributed by atoms with Crippen LogP contribution >= 0.6 is 11.8 Å². The summed E-state index contributed by atoms with van der Waals surface area (Å²) < 4.78 is 46.7. The smallest absolute Gasteiger partial charge is 0.394 e. The van der Waals surface area contributed by atoms with Crippen molar-refractivity contribution in [1.82, 2.24) is 25.2 Å². The second-order valence-corrected chi connectivity index (χ2v) is 11.2. The molecule has 0 saturated heterocycles. The molecule has 0 bridgehead atoms. The number of alkyl halides is 3. The molecule has 0 fully saturated rings. The van der Waals surface area contributed by atoms with Gasteiger partial charge in [0.25, 0.3) is 0 Å². The van der Waals surface area contributed by atoms with Crippen molar-refractivity contribution in [2.45, 2.75) is 42.5 Å². The number of nitrogens with zero attached hydrogens (tertiary/aromatic N) is 2. The zero-order chi connectivity index (χ0) is 31.9. The van der Waals surface area contributed by atoms with E-state index in [1.165, 1.54) is 16.7 Å². The topological polar surface area (TPSA) is 180 Å². The van der Waals surface area contributed by atoms with Gasteiger partial charge < -0.3 is 36.9 Å². The lowest BCUT2D eigenvalue weighted by atomic mass is 10.1. The van der Waals surface area contributed by atoms with Crippen molar-refractivity contribution in [3.63, 3.8) is 0 Å². The molecule has 4 aromatic rings. The number of aliphatic hydroxyl groups excluding tert-OH is 1. The third-order valence-electron chi connectivity index (χ3n) is 6.76. The van der Waals surface area contributed by atoms with E-state index < -0.39 is 17.3 Å². The molecule has 15 heteroatoms. The molecule has 0 aliphatic rings. The minimum atomic E-state index is -4.50. The van der Waals surface area contributed by atoms with Crippen molar-refractivity contribution in [2.75, 3.05) is 26.2 Å². The monoisotopic (exact) mass is 632 g/mol. The van der Waals surface area contributed by atoms with Gasteiger partial charge in [-0.15, -0.1) is 0 Å². The highest BCUT2D eigenvalue weighted by atomic mass is 32.2. The molecule has 2 atom stereocenters. The van der Waals surface area contributed by atoms with Gasteiger partial charge in [0.2, 0.25) is 0 Å². The number of nitrogens with one attached hydrogen (secondary N) is 4. The third kappa shape index (κ3) is 9.06. The first-order chi connectivity index (χ1) is 21.0. The molecule has 0 radical (unpaired) electrons. The largest absolute Gasteiger partial charge is 0.446 e. The lowest BCUT2D eigenvalue weighted by molar-refractivity contribution is -0.0328. The molecule has 2 heterocycles. The maximum Gasteiger partial charge on any atom is 0.446 e. The minimum absolute atomic E-state index is 0.0374. The van der Waals surface area contributed by atoms with Gasteiger partial charge in [-0.3, -0.25) is 9.98 Å². The molecule has 0 aliphatic carbocycles. The third-order valence-corrected chi connectivity index (χ3v) is 7.46. The fraction of sp³-hybridized carbons (Fsp3) is 0.345. The predicted molar refractivity (Wildman–Crippen MR) is 165 cm³/mol. The molecule has 0 amide bonds. The van der Waals surface area contributed by atoms with E-state index in [1.54, 1.807) is 18.3 Å². The van der Waals surface area contributed by atoms with Crippen molar-refractivity contribution in [1.29, 1.82) is 5.41 Å². The zero-order valence-electron chi connectivity index (χ0n) is 23.9. The van der Waals surface area contributed by atoms with Crippen molar-refractivity contribution in [3.8, 4) is 16.9 Å². The van der Waals surface area contributed by atoms with E-state index in [0.29, 0.717) is 40.1 Å². The van der Waals surface area contributed by atoms with Crippen LogP contribution in [0.15, 0.2) is 64.4 Å². The Hall–Kier alpha value is -3.89. The van der Waals surface area contributed by atoms with E-state index >= 15 is 0 Å². The Morgan fingerprint density at radius 3 is 2.61 bits per heavy atom. The number of hydrogen-bond donors (Lipinski definition) is 7. The summed E-state index contributed by atoms with van der Waals surface area (Å²) in [6, 6.07) is 13.7. The average Bonchev–Trinajstić information content (AvgIpc) is 3.39. The number of rotatable bonds is 14. The Balaban J connectivity index is 1.56. The Morgan fingerprint density at radius 1 is 1.20 bits per heavy atom. The summed E-state index contributed by atoms with van der Waals surface area (Å²) in [5.74, 6) is -0.0578. The van der Waals surface area contributed by atoms with Crippen molar-refractivity contribution >= 4 is 28.8 Å². The van der Waals surface area contributed by atoms with E-state index in [2.05, 4.69) is 20.6 Å². The minimum Gasteiger partial charge on any atom is -0.394 e. The normalized spacial score (nSPS) is 13.2. The highest BCUT2D eigenvalue weighted by molar-refractivity contribution is 8.00. The number of halogens is 3. The molecule has 9 N–H and O–H groups in total. The Labute approximate surface area is 255 Å². The van der Waals surface area contributed by atoms with Gasteiger partial charge in [-0.2, -0.15) is 18.2 Å². The quantitative estimate of drug-likeness (QED) is 0.0475. The van der Waals surface area contributed by atoms with Crippen molar-refractivity contribution < 1.29 is 23.0 Å². The SMILES string of the molecule is C[C@H](NCCCNC(=N)N)c1ccc(-n2cc3cc(-c4cc(CO[C@H](CN)CO)cc(SC(F)(F)F)c4)[nH]c3nc2=O)cc1. The van der Waals surface area contributed by atoms with Crippen LogP contribution in [0.5, 0.6) is 0 Å². The molecule has 0 unspecified atom stereocenters. The Kier molecular flexibility index (Phi) is 11.0. The molecule has 4 rings (SSSR count). The fourth-order valence-electron chi connectivity index (χ4n) is 4.51. The number of nitrogens with two attached hydrogens (primary N) is 2. The first-order valence-electron chi connectivity index (χ1n) is 13.8. The first kappa shape index (κ1) is 33.0. The number of H-pyrrole nitrogens is 1. The van der Waals surface area contributed by atoms with Crippen LogP contribution in [0, 0.1) is 5.41 Å². The number of ether oxygens (including phenoxy) is 1. The maximum absolute atomic E-state index is 13.2. The summed E-state index contributed by atoms with van der Waals surface area (Å²) >= 11 is -0.244. The van der Waals surface area contributed by atoms with Crippen LogP contribution in [0.2, 0.25) is 0 Å². The first-order valence-corrected chi connectivity index (χ1v) is 14.6. The zero-order valence-corrected chi connectivity index (χ0v) is 24.8. The number of fused-ring (bicyclic) bond motifs is 1. The summed E-state index contributed by atoms with van der Waals surface area (Å²) in [4.78, 5) is 20.1. The van der Waals surface area contributed by atoms with Gasteiger partial charge in [-0.1, -0.05) is 12.1 Å². The molecular weight excluding hydrogens is 597 g/mol. The van der Waals surface area contributed by atoms with Gasteiger partial charge in [-0.25, -0.2) is 4.79 Å². The molecule has 0 aliphatic heterocycles. The second kappa shape index (κ2) is 14.7. The fourth-order valence-corrected chi connectivity index (χ4v) is 5.17. The van der Waals surface area contributed by atoms with Crippen LogP contribution in [-0.2, 0) is 11.3 Å². The number of hydrogen-bond acceptors (Lipinski definition) is 8. The van der Waals surface area contributed by atoms with Crippen molar-refractivity contribution in [3.05, 3.63) is 76.3 Å². The predicted octanol–water partition coefficient (Wildman–Crippen LogP) is 3.35. The molecule has 2 aromatic carbocycles. The van der Waals surface area contributed by atoms with Crippen LogP contribution < -0.4 is 27.8 Å². The van der Waals surface area contributed by atoms with Crippen LogP contribution in [0.1, 0.15) is 30.5 Å². The Bertz CT molecular complexity index is 1620. The van der Waals surface area contributed by atoms with E-state index in [1.807, 2.05) is 31.2 Å². The molecule has 0 saturated carbocycles. The molecule has 2 aromatic heterocycles. The van der Waals surface area contributed by atoms with Gasteiger partial charge in [0.05, 0.1) is 25.0 Å². The van der Waals surface area contributed by atoms with Gasteiger partial charge in [-0.05, 0) is 84.7 Å². The number of aromatic nitrogens is 3. The number of aliphatic hydroxyl groups is 1. The number of benzene rings is 2. The number of thioether (sulfide) groups is 1. The van der Waals surface area contributed by atoms with Gasteiger partial charge >= 0.3 is 11.2 Å². The summed E-state index contributed by atoms with van der Waals surface area (Å²) in [5.41, 5.74) is 9.13. The van der Waals surface area contributed by atoms with Crippen molar-refractivity contribution in [2.24, 2.45) is 11.5 Å². The lowest BCUT2D eigenvalue weighted by Crippen LogP contribution is -2.32. The number of guanidine groups is 1. The summed E-state index contributed by atoms with van der Waals surface area (Å²) in [7, 11) is 0. The number of aromatic amines is 1. The van der Waals surface area contributed by atoms with E-state index in [-0.39, 0.29) is 48.4 Å². The van der Waals surface area contributed by atoms with E-state index in [9.17, 15) is 23.1 Å². The molecule has 44 heavy (non-hydrogen) atoms. The van der Waals surface area contributed by atoms with E-state index in [0.717, 1.165) is 18.5 Å². The second-order valence-electron chi connectivity index (χ2n) is 10.1. The van der Waals surface area contributed by atoms with Crippen LogP contribution in [0.4, 0.5) is 13.2 Å². The maximum atomic E-state index is 13.2. The molecule has 236 valence electrons. The Morgan fingerprint density at radius 2 is 1.95 bits per heavy atom. The molecule has 0 spiro atoms. The average molecular weight is 633 g/mol. The highest BCUT2D eigenvalue weighted by Crippen LogP contribution is 2.39. The van der Waals surface area contributed by atoms with Crippen LogP contribution in [-0.4, -0.2) is 63.5 Å². The molecule has 11 nitrogen and oxygen atoms in total. The van der Waals surface area contributed by atoms with E-state index in [4.69, 9.17) is 21.6 Å². The van der Waals surface area contributed by atoms with Crippen LogP contribution in [0.3, 0.4) is 0 Å². The molecular formula is C29H35F3N8O3S. The van der Waals surface area contributed by atoms with Gasteiger partial charge in [0.15, 0.2) is 5.96 Å². The highest BCUT2D eigenvalue weighted by Gasteiger charge is 2.29. The standard InChI is InChI=1S/C29H35F3N8O3S/c1-17(36-7-2-8-37-27(34)35)19-3-5-22(6-4-19)40-14-21-12-25(38-26(21)39-28(40)42)20-9-18(16-43-23(13-33)15-41)10-24(11-20)44-29(30,31)32/h3-6,9-12,14,17,23,36,41H,2,7-8,13,15-16,33H2,1H3,(H4,34,35,37)(H,38,39,42)/t17-,23+/m0/s1. The lowest BCUT2D eigenvalue weighted by Gasteiger charge is -2.15.